The number of hydrogen-bond donors (Lipinski definition) is 0. The zero-order chi connectivity index (χ0) is 34.4. The molecule has 1 heterocycles. The maximum atomic E-state index is 5.43. The van der Waals surface area contributed by atoms with E-state index in [9.17, 15) is 0 Å². The number of fused-ring (bicyclic) bond motifs is 5. The summed E-state index contributed by atoms with van der Waals surface area (Å²) < 4.78 is 0. The summed E-state index contributed by atoms with van der Waals surface area (Å²) in [7, 11) is 0. The van der Waals surface area contributed by atoms with Crippen molar-refractivity contribution in [2.45, 2.75) is 0 Å². The van der Waals surface area contributed by atoms with Gasteiger partial charge in [0, 0.05) is 10.9 Å². The Morgan fingerprint density at radius 3 is 1.27 bits per heavy atom. The fraction of sp³-hybridized carbons (Fsp3) is 0. The molecular formula is C51H33N. The van der Waals surface area contributed by atoms with Gasteiger partial charge in [-0.05, 0) is 89.0 Å². The monoisotopic (exact) mass is 659 g/mol. The Hall–Kier alpha value is -6.83. The molecule has 0 aliphatic carbocycles. The van der Waals surface area contributed by atoms with Gasteiger partial charge in [0.15, 0.2) is 0 Å². The molecule has 242 valence electrons. The first-order valence-electron chi connectivity index (χ1n) is 17.9. The maximum absolute atomic E-state index is 5.43. The van der Waals surface area contributed by atoms with Gasteiger partial charge in [-0.15, -0.1) is 0 Å². The highest BCUT2D eigenvalue weighted by Gasteiger charge is 2.21. The minimum atomic E-state index is 0.970. The Bertz CT molecular complexity index is 2850. The molecule has 1 aromatic heterocycles. The Balaban J connectivity index is 1.29. The molecule has 9 aromatic carbocycles. The van der Waals surface area contributed by atoms with Crippen molar-refractivity contribution in [2.24, 2.45) is 0 Å². The number of aromatic nitrogens is 1. The number of rotatable bonds is 5. The van der Waals surface area contributed by atoms with Crippen LogP contribution in [0.5, 0.6) is 0 Å². The Morgan fingerprint density at radius 1 is 0.269 bits per heavy atom. The molecule has 0 bridgehead atoms. The molecule has 0 radical (unpaired) electrons. The lowest BCUT2D eigenvalue weighted by atomic mass is 9.83. The lowest BCUT2D eigenvalue weighted by Crippen LogP contribution is -1.95. The standard InChI is InChI=1S/C51H33N/c1-4-16-34(17-5-1)35-28-30-38(31-29-35)49-41-24-12-14-26-43(41)50(44-27-15-13-25-42(44)49)46-33-48-51(40-23-11-10-22-39(40)46)45(36-18-6-2-7-19-36)32-47(52-48)37-20-8-3-9-21-37/h1-33H. The van der Waals surface area contributed by atoms with Crippen LogP contribution in [-0.4, -0.2) is 4.98 Å². The molecule has 0 spiro atoms. The zero-order valence-electron chi connectivity index (χ0n) is 28.5. The van der Waals surface area contributed by atoms with E-state index in [0.29, 0.717) is 0 Å². The first kappa shape index (κ1) is 30.0. The van der Waals surface area contributed by atoms with Crippen LogP contribution in [-0.2, 0) is 0 Å². The third kappa shape index (κ3) is 4.98. The number of benzene rings is 9. The molecule has 0 amide bonds. The van der Waals surface area contributed by atoms with Crippen molar-refractivity contribution in [3.05, 3.63) is 200 Å². The molecule has 1 heteroatoms. The first-order chi connectivity index (χ1) is 25.8. The van der Waals surface area contributed by atoms with Crippen LogP contribution >= 0.6 is 0 Å². The van der Waals surface area contributed by atoms with Crippen LogP contribution in [0.4, 0.5) is 0 Å². The van der Waals surface area contributed by atoms with E-state index >= 15 is 0 Å². The summed E-state index contributed by atoms with van der Waals surface area (Å²) in [6, 6.07) is 72.3. The van der Waals surface area contributed by atoms with Crippen molar-refractivity contribution in [3.63, 3.8) is 0 Å². The van der Waals surface area contributed by atoms with E-state index in [1.165, 1.54) is 82.2 Å². The lowest BCUT2D eigenvalue weighted by molar-refractivity contribution is 1.40. The topological polar surface area (TPSA) is 12.9 Å². The Kier molecular flexibility index (Phi) is 7.22. The first-order valence-corrected chi connectivity index (χ1v) is 17.9. The molecule has 0 aliphatic rings. The summed E-state index contributed by atoms with van der Waals surface area (Å²) in [4.78, 5) is 5.43. The van der Waals surface area contributed by atoms with Gasteiger partial charge in [0.2, 0.25) is 0 Å². The van der Waals surface area contributed by atoms with Crippen molar-refractivity contribution in [1.82, 2.24) is 4.98 Å². The van der Waals surface area contributed by atoms with E-state index in [-0.39, 0.29) is 0 Å². The van der Waals surface area contributed by atoms with Crippen molar-refractivity contribution in [1.29, 1.82) is 0 Å². The predicted molar refractivity (Wildman–Crippen MR) is 221 cm³/mol. The van der Waals surface area contributed by atoms with Crippen LogP contribution in [0.2, 0.25) is 0 Å². The largest absolute Gasteiger partial charge is 0.248 e. The van der Waals surface area contributed by atoms with E-state index in [0.717, 1.165) is 16.8 Å². The molecule has 0 N–H and O–H groups in total. The van der Waals surface area contributed by atoms with Gasteiger partial charge in [0.05, 0.1) is 11.2 Å². The van der Waals surface area contributed by atoms with Gasteiger partial charge >= 0.3 is 0 Å². The highest BCUT2D eigenvalue weighted by molar-refractivity contribution is 6.26. The smallest absolute Gasteiger partial charge is 0.0728 e. The minimum Gasteiger partial charge on any atom is -0.248 e. The van der Waals surface area contributed by atoms with Crippen LogP contribution in [0.1, 0.15) is 0 Å². The lowest BCUT2D eigenvalue weighted by Gasteiger charge is -2.20. The summed E-state index contributed by atoms with van der Waals surface area (Å²) in [5.41, 5.74) is 12.8. The molecule has 1 nitrogen and oxygen atoms in total. The number of pyridine rings is 1. The third-order valence-corrected chi connectivity index (χ3v) is 10.5. The van der Waals surface area contributed by atoms with Gasteiger partial charge < -0.3 is 0 Å². The summed E-state index contributed by atoms with van der Waals surface area (Å²) in [6.45, 7) is 0. The summed E-state index contributed by atoms with van der Waals surface area (Å²) in [5.74, 6) is 0. The molecule has 10 rings (SSSR count). The molecule has 10 aromatic rings. The van der Waals surface area contributed by atoms with Crippen LogP contribution in [0.15, 0.2) is 200 Å². The minimum absolute atomic E-state index is 0.970. The summed E-state index contributed by atoms with van der Waals surface area (Å²) >= 11 is 0. The van der Waals surface area contributed by atoms with Crippen molar-refractivity contribution in [2.75, 3.05) is 0 Å². The fourth-order valence-corrected chi connectivity index (χ4v) is 8.10. The molecular weight excluding hydrogens is 627 g/mol. The van der Waals surface area contributed by atoms with Crippen LogP contribution in [0.25, 0.3) is 99.0 Å². The van der Waals surface area contributed by atoms with Gasteiger partial charge in [-0.25, -0.2) is 4.98 Å². The van der Waals surface area contributed by atoms with E-state index in [1.807, 2.05) is 0 Å². The summed E-state index contributed by atoms with van der Waals surface area (Å²) in [6.07, 6.45) is 0. The van der Waals surface area contributed by atoms with Gasteiger partial charge in [0.25, 0.3) is 0 Å². The quantitative estimate of drug-likeness (QED) is 0.132. The van der Waals surface area contributed by atoms with Gasteiger partial charge in [-0.1, -0.05) is 188 Å². The van der Waals surface area contributed by atoms with Gasteiger partial charge in [-0.2, -0.15) is 0 Å². The molecule has 0 saturated carbocycles. The third-order valence-electron chi connectivity index (χ3n) is 10.5. The molecule has 0 aliphatic heterocycles. The van der Waals surface area contributed by atoms with Crippen molar-refractivity contribution < 1.29 is 0 Å². The van der Waals surface area contributed by atoms with E-state index in [1.54, 1.807) is 0 Å². The van der Waals surface area contributed by atoms with E-state index in [4.69, 9.17) is 4.98 Å². The van der Waals surface area contributed by atoms with Crippen LogP contribution in [0, 0.1) is 0 Å². The van der Waals surface area contributed by atoms with Gasteiger partial charge in [-0.3, -0.25) is 0 Å². The average molecular weight is 660 g/mol. The zero-order valence-corrected chi connectivity index (χ0v) is 28.5. The molecule has 0 atom stereocenters. The Labute approximate surface area is 303 Å². The normalized spacial score (nSPS) is 11.5. The molecule has 0 unspecified atom stereocenters. The Morgan fingerprint density at radius 2 is 0.692 bits per heavy atom. The molecule has 0 fully saturated rings. The average Bonchev–Trinajstić information content (AvgIpc) is 3.23. The fourth-order valence-electron chi connectivity index (χ4n) is 8.10. The predicted octanol–water partition coefficient (Wildman–Crippen LogP) is 14.0. The highest BCUT2D eigenvalue weighted by atomic mass is 14.7. The second-order valence-electron chi connectivity index (χ2n) is 13.4. The molecule has 52 heavy (non-hydrogen) atoms. The number of hydrogen-bond acceptors (Lipinski definition) is 1. The SMILES string of the molecule is c1ccc(-c2ccc(-c3c4ccccc4c(-c4cc5nc(-c6ccccc6)cc(-c6ccccc6)c5c5ccccc45)c4ccccc34)cc2)cc1. The van der Waals surface area contributed by atoms with Crippen LogP contribution in [0.3, 0.4) is 0 Å². The van der Waals surface area contributed by atoms with Gasteiger partial charge in [0.1, 0.15) is 0 Å². The summed E-state index contributed by atoms with van der Waals surface area (Å²) in [5, 5.41) is 8.54. The molecule has 0 saturated heterocycles. The maximum Gasteiger partial charge on any atom is 0.0728 e. The second kappa shape index (κ2) is 12.5. The van der Waals surface area contributed by atoms with Crippen LogP contribution < -0.4 is 0 Å². The van der Waals surface area contributed by atoms with Crippen molar-refractivity contribution in [3.8, 4) is 55.8 Å². The van der Waals surface area contributed by atoms with E-state index in [2.05, 4.69) is 200 Å². The number of nitrogens with zero attached hydrogens (tertiary/aromatic N) is 1. The highest BCUT2D eigenvalue weighted by Crippen LogP contribution is 2.47. The van der Waals surface area contributed by atoms with E-state index < -0.39 is 0 Å². The second-order valence-corrected chi connectivity index (χ2v) is 13.4. The van der Waals surface area contributed by atoms with Crippen molar-refractivity contribution >= 4 is 43.2 Å².